The number of amides is 1. The van der Waals surface area contributed by atoms with E-state index in [2.05, 4.69) is 11.4 Å². The largest absolute Gasteiger partial charge is 0.457 e. The molecule has 0 bridgehead atoms. The minimum atomic E-state index is -0.202. The molecule has 0 aliphatic heterocycles. The third kappa shape index (κ3) is 3.53. The van der Waals surface area contributed by atoms with Crippen LogP contribution < -0.4 is 5.32 Å². The van der Waals surface area contributed by atoms with E-state index < -0.39 is 0 Å². The molecule has 1 amide bonds. The molecular weight excluding hydrogens is 300 g/mol. The SMILES string of the molecule is CC(NC(=O)/C=C/c1cc2ccccc2o1)c1ccc(C#N)cc1. The zero-order valence-electron chi connectivity index (χ0n) is 13.2. The molecule has 3 aromatic rings. The predicted octanol–water partition coefficient (Wildman–Crippen LogP) is 4.20. The first kappa shape index (κ1) is 15.6. The van der Waals surface area contributed by atoms with Crippen molar-refractivity contribution >= 4 is 23.0 Å². The highest BCUT2D eigenvalue weighted by Crippen LogP contribution is 2.19. The summed E-state index contributed by atoms with van der Waals surface area (Å²) in [6.07, 6.45) is 3.11. The van der Waals surface area contributed by atoms with Crippen molar-refractivity contribution in [1.29, 1.82) is 5.26 Å². The molecule has 2 aromatic carbocycles. The number of nitrogens with one attached hydrogen (secondary N) is 1. The molecule has 0 saturated heterocycles. The van der Waals surface area contributed by atoms with Crippen molar-refractivity contribution in [2.24, 2.45) is 0 Å². The summed E-state index contributed by atoms with van der Waals surface area (Å²) in [6.45, 7) is 1.90. The van der Waals surface area contributed by atoms with Crippen molar-refractivity contribution in [3.8, 4) is 6.07 Å². The maximum absolute atomic E-state index is 12.0. The fraction of sp³-hybridized carbons (Fsp3) is 0.100. The molecular formula is C20H16N2O2. The number of fused-ring (bicyclic) bond motifs is 1. The van der Waals surface area contributed by atoms with E-state index in [-0.39, 0.29) is 11.9 Å². The Morgan fingerprint density at radius 1 is 1.21 bits per heavy atom. The van der Waals surface area contributed by atoms with E-state index in [0.29, 0.717) is 11.3 Å². The molecule has 0 saturated carbocycles. The van der Waals surface area contributed by atoms with Crippen molar-refractivity contribution in [2.45, 2.75) is 13.0 Å². The number of hydrogen-bond acceptors (Lipinski definition) is 3. The lowest BCUT2D eigenvalue weighted by molar-refractivity contribution is -0.117. The standard InChI is InChI=1S/C20H16N2O2/c1-14(16-8-6-15(13-21)7-9-16)22-20(23)11-10-18-12-17-4-2-3-5-19(17)24-18/h2-12,14H,1H3,(H,22,23)/b11-10+. The molecule has 1 N–H and O–H groups in total. The van der Waals surface area contributed by atoms with Crippen LogP contribution in [-0.2, 0) is 4.79 Å². The number of furan rings is 1. The van der Waals surface area contributed by atoms with Gasteiger partial charge >= 0.3 is 0 Å². The zero-order valence-corrected chi connectivity index (χ0v) is 13.2. The van der Waals surface area contributed by atoms with Crippen LogP contribution in [0.4, 0.5) is 0 Å². The molecule has 0 spiro atoms. The normalized spacial score (nSPS) is 12.2. The maximum atomic E-state index is 12.0. The summed E-state index contributed by atoms with van der Waals surface area (Å²) in [5, 5.41) is 12.7. The van der Waals surface area contributed by atoms with Crippen LogP contribution >= 0.6 is 0 Å². The van der Waals surface area contributed by atoms with Crippen LogP contribution in [0.15, 0.2) is 65.1 Å². The van der Waals surface area contributed by atoms with E-state index in [0.717, 1.165) is 16.5 Å². The zero-order chi connectivity index (χ0) is 16.9. The second-order valence-electron chi connectivity index (χ2n) is 5.48. The molecule has 4 heteroatoms. The Morgan fingerprint density at radius 3 is 2.67 bits per heavy atom. The fourth-order valence-corrected chi connectivity index (χ4v) is 2.43. The second-order valence-corrected chi connectivity index (χ2v) is 5.48. The van der Waals surface area contributed by atoms with Crippen LogP contribution in [0.25, 0.3) is 17.0 Å². The van der Waals surface area contributed by atoms with E-state index in [1.807, 2.05) is 49.4 Å². The summed E-state index contributed by atoms with van der Waals surface area (Å²) < 4.78 is 5.64. The Kier molecular flexibility index (Phi) is 4.44. The first-order chi connectivity index (χ1) is 11.7. The Labute approximate surface area is 140 Å². The lowest BCUT2D eigenvalue weighted by Crippen LogP contribution is -2.24. The molecule has 3 rings (SSSR count). The van der Waals surface area contributed by atoms with Crippen molar-refractivity contribution in [1.82, 2.24) is 5.32 Å². The van der Waals surface area contributed by atoms with Crippen LogP contribution in [0.2, 0.25) is 0 Å². The molecule has 118 valence electrons. The van der Waals surface area contributed by atoms with Gasteiger partial charge in [-0.1, -0.05) is 30.3 Å². The summed E-state index contributed by atoms with van der Waals surface area (Å²) in [4.78, 5) is 12.0. The van der Waals surface area contributed by atoms with Crippen LogP contribution in [0.5, 0.6) is 0 Å². The first-order valence-electron chi connectivity index (χ1n) is 7.63. The molecule has 1 heterocycles. The van der Waals surface area contributed by atoms with Gasteiger partial charge < -0.3 is 9.73 Å². The Balaban J connectivity index is 1.64. The van der Waals surface area contributed by atoms with E-state index in [4.69, 9.17) is 9.68 Å². The molecule has 4 nitrogen and oxygen atoms in total. The van der Waals surface area contributed by atoms with Gasteiger partial charge in [0.2, 0.25) is 5.91 Å². The lowest BCUT2D eigenvalue weighted by Gasteiger charge is -2.12. The molecule has 0 aliphatic rings. The number of nitrogens with zero attached hydrogens (tertiary/aromatic N) is 1. The minimum absolute atomic E-state index is 0.148. The summed E-state index contributed by atoms with van der Waals surface area (Å²) >= 11 is 0. The van der Waals surface area contributed by atoms with E-state index in [1.54, 1.807) is 18.2 Å². The van der Waals surface area contributed by atoms with E-state index >= 15 is 0 Å². The van der Waals surface area contributed by atoms with Gasteiger partial charge in [-0.05, 0) is 42.8 Å². The quantitative estimate of drug-likeness (QED) is 0.734. The van der Waals surface area contributed by atoms with Gasteiger partial charge in [0.25, 0.3) is 0 Å². The summed E-state index contributed by atoms with van der Waals surface area (Å²) in [5.74, 6) is 0.435. The molecule has 24 heavy (non-hydrogen) atoms. The summed E-state index contributed by atoms with van der Waals surface area (Å²) in [6, 6.07) is 18.7. The number of carbonyl (C=O) groups is 1. The van der Waals surface area contributed by atoms with Gasteiger partial charge in [0, 0.05) is 11.5 Å². The van der Waals surface area contributed by atoms with Crippen LogP contribution in [0.1, 0.15) is 29.9 Å². The highest BCUT2D eigenvalue weighted by Gasteiger charge is 2.08. The van der Waals surface area contributed by atoms with Crippen molar-refractivity contribution in [3.05, 3.63) is 77.6 Å². The Bertz CT molecular complexity index is 897. The monoisotopic (exact) mass is 316 g/mol. The predicted molar refractivity (Wildman–Crippen MR) is 93.0 cm³/mol. The lowest BCUT2D eigenvalue weighted by atomic mass is 10.1. The van der Waals surface area contributed by atoms with Crippen molar-refractivity contribution in [3.63, 3.8) is 0 Å². The number of hydrogen-bond donors (Lipinski definition) is 1. The van der Waals surface area contributed by atoms with Crippen molar-refractivity contribution in [2.75, 3.05) is 0 Å². The molecule has 1 aromatic heterocycles. The average Bonchev–Trinajstić information content (AvgIpc) is 3.03. The summed E-state index contributed by atoms with van der Waals surface area (Å²) in [7, 11) is 0. The van der Waals surface area contributed by atoms with Crippen molar-refractivity contribution < 1.29 is 9.21 Å². The van der Waals surface area contributed by atoms with Crippen LogP contribution in [0, 0.1) is 11.3 Å². The van der Waals surface area contributed by atoms with Crippen LogP contribution in [0.3, 0.4) is 0 Å². The van der Waals surface area contributed by atoms with E-state index in [9.17, 15) is 4.79 Å². The number of para-hydroxylation sites is 1. The molecule has 0 aliphatic carbocycles. The fourth-order valence-electron chi connectivity index (χ4n) is 2.43. The van der Waals surface area contributed by atoms with Gasteiger partial charge in [0.1, 0.15) is 11.3 Å². The van der Waals surface area contributed by atoms with Gasteiger partial charge in [0.05, 0.1) is 17.7 Å². The molecule has 0 fully saturated rings. The second kappa shape index (κ2) is 6.84. The Morgan fingerprint density at radius 2 is 1.96 bits per heavy atom. The number of nitriles is 1. The third-order valence-electron chi connectivity index (χ3n) is 3.74. The van der Waals surface area contributed by atoms with Gasteiger partial charge in [-0.3, -0.25) is 4.79 Å². The van der Waals surface area contributed by atoms with Gasteiger partial charge in [0.15, 0.2) is 0 Å². The number of carbonyl (C=O) groups excluding carboxylic acids is 1. The highest BCUT2D eigenvalue weighted by molar-refractivity contribution is 5.92. The summed E-state index contributed by atoms with van der Waals surface area (Å²) in [5.41, 5.74) is 2.34. The highest BCUT2D eigenvalue weighted by atomic mass is 16.3. The van der Waals surface area contributed by atoms with E-state index in [1.165, 1.54) is 6.08 Å². The minimum Gasteiger partial charge on any atom is -0.457 e. The van der Waals surface area contributed by atoms with Crippen LogP contribution in [-0.4, -0.2) is 5.91 Å². The number of benzene rings is 2. The molecule has 0 radical (unpaired) electrons. The van der Waals surface area contributed by atoms with Gasteiger partial charge in [-0.15, -0.1) is 0 Å². The van der Waals surface area contributed by atoms with Gasteiger partial charge in [-0.25, -0.2) is 0 Å². The molecule has 1 atom stereocenters. The average molecular weight is 316 g/mol. The smallest absolute Gasteiger partial charge is 0.244 e. The molecule has 1 unspecified atom stereocenters. The third-order valence-corrected chi connectivity index (χ3v) is 3.74. The Hall–Kier alpha value is -3.32. The topological polar surface area (TPSA) is 66.0 Å². The maximum Gasteiger partial charge on any atom is 0.244 e. The first-order valence-corrected chi connectivity index (χ1v) is 7.63. The van der Waals surface area contributed by atoms with Gasteiger partial charge in [-0.2, -0.15) is 5.26 Å². The number of rotatable bonds is 4.